The number of fused-ring (bicyclic) bond motifs is 18. The molecule has 0 atom stereocenters. The van der Waals surface area contributed by atoms with Gasteiger partial charge in [0.1, 0.15) is 45.4 Å². The lowest BCUT2D eigenvalue weighted by atomic mass is 9.93. The molecule has 0 fully saturated rings. The highest BCUT2D eigenvalue weighted by Crippen LogP contribution is 2.45. The Kier molecular flexibility index (Phi) is 20.4. The number of aromatic amines is 4. The Morgan fingerprint density at radius 3 is 0.922 bits per heavy atom. The highest BCUT2D eigenvalue weighted by molar-refractivity contribution is 7.58. The van der Waals surface area contributed by atoms with Crippen molar-refractivity contribution in [2.24, 2.45) is 30.4 Å². The molecule has 12 aromatic rings. The summed E-state index contributed by atoms with van der Waals surface area (Å²) in [7, 11) is 0. The van der Waals surface area contributed by atoms with Crippen LogP contribution in [0.1, 0.15) is 177 Å². The Labute approximate surface area is 683 Å². The van der Waals surface area contributed by atoms with Crippen molar-refractivity contribution in [1.82, 2.24) is 48.6 Å². The molecule has 578 valence electrons. The summed E-state index contributed by atoms with van der Waals surface area (Å²) in [4.78, 5) is 36.9. The summed E-state index contributed by atoms with van der Waals surface area (Å²) < 4.78 is 45.3. The normalized spacial score (nSPS) is 12.9. The van der Waals surface area contributed by atoms with Crippen LogP contribution in [0.25, 0.3) is 148 Å². The van der Waals surface area contributed by atoms with E-state index in [-0.39, 0.29) is 21.7 Å². The first-order valence-corrected chi connectivity index (χ1v) is 41.0. The third-order valence-electron chi connectivity index (χ3n) is 20.8. The Morgan fingerprint density at radius 2 is 0.586 bits per heavy atom. The number of ether oxygens (including phenoxy) is 4. The lowest BCUT2D eigenvalue weighted by molar-refractivity contribution is 0.242. The zero-order valence-corrected chi connectivity index (χ0v) is 68.9. The van der Waals surface area contributed by atoms with Gasteiger partial charge in [-0.15, -0.1) is 0 Å². The molecule has 0 saturated carbocycles. The molecule has 12 heterocycles. The van der Waals surface area contributed by atoms with Gasteiger partial charge in [0.05, 0.1) is 128 Å². The van der Waals surface area contributed by atoms with E-state index >= 15 is 0 Å². The van der Waals surface area contributed by atoms with Crippen LogP contribution in [0.4, 0.5) is 11.4 Å². The predicted octanol–water partition coefficient (Wildman–Crippen LogP) is 25.1. The van der Waals surface area contributed by atoms with Crippen molar-refractivity contribution in [3.63, 3.8) is 0 Å². The number of hydrogen-bond donors (Lipinski definition) is 4. The van der Waals surface area contributed by atoms with Gasteiger partial charge in [-0.05, 0) is 227 Å². The summed E-state index contributed by atoms with van der Waals surface area (Å²) in [6.07, 6.45) is 20.2. The van der Waals surface area contributed by atoms with E-state index in [2.05, 4.69) is 272 Å². The number of H-pyrrole nitrogens is 4. The van der Waals surface area contributed by atoms with Crippen LogP contribution in [0, 0.1) is 45.3 Å². The monoisotopic (exact) mass is 1560 g/mol. The molecule has 0 aliphatic carbocycles. The molecule has 5 aliphatic rings. The Hall–Kier alpha value is -12.7. The molecule has 17 rings (SSSR count). The maximum absolute atomic E-state index is 6.30. The van der Waals surface area contributed by atoms with E-state index < -0.39 is 0 Å². The molecule has 0 amide bonds. The first kappa shape index (κ1) is 75.9. The number of nitrogens with one attached hydrogen (secondary N) is 4. The van der Waals surface area contributed by atoms with Crippen molar-refractivity contribution in [2.75, 3.05) is 26.4 Å². The molecule has 0 saturated heterocycles. The SMILES string of the molecule is CC(C)(C)CCOc1ccc(-c2c3nc(c(C#Cc4c5c(c(C#Cc6c7nc(c(-c8ccc(OCCC(C)(C)C)cc8)c8ccc(cc9nc(c(-c%10ccc(OCCC(C)(C)C)cc%10)c%10ccc6[nH]%10)C=C9)[nH]8)C=C7)c6nsnc46)N=S=N5)c4ccc([nH]4)c(-c4ccc(OCCC(C)(C)C)cc4)c4nc(cc5ccc2[nH]5)C=C4)C=C3)cc1. The second-order valence-electron chi connectivity index (χ2n) is 34.6. The minimum atomic E-state index is 0.139. The Bertz CT molecular complexity index is 6090. The van der Waals surface area contributed by atoms with Gasteiger partial charge in [-0.25, -0.2) is 19.9 Å². The molecular weight excluding hydrogens is 1470 g/mol. The average molecular weight is 1560 g/mol. The van der Waals surface area contributed by atoms with Crippen molar-refractivity contribution < 1.29 is 18.9 Å². The highest BCUT2D eigenvalue weighted by atomic mass is 32.1. The first-order valence-electron chi connectivity index (χ1n) is 39.5. The zero-order valence-electron chi connectivity index (χ0n) is 67.3. The topological polar surface area (TPSA) is 202 Å². The van der Waals surface area contributed by atoms with E-state index in [1.54, 1.807) is 0 Å². The minimum Gasteiger partial charge on any atom is -0.494 e. The Morgan fingerprint density at radius 1 is 0.302 bits per heavy atom. The van der Waals surface area contributed by atoms with Crippen LogP contribution in [0.3, 0.4) is 0 Å². The van der Waals surface area contributed by atoms with Crippen molar-refractivity contribution in [1.29, 1.82) is 0 Å². The Balaban J connectivity index is 0.833. The number of benzene rings is 5. The van der Waals surface area contributed by atoms with Crippen LogP contribution in [0.2, 0.25) is 0 Å². The molecule has 0 unspecified atom stereocenters. The molecule has 0 spiro atoms. The van der Waals surface area contributed by atoms with E-state index in [4.69, 9.17) is 56.4 Å². The van der Waals surface area contributed by atoms with Crippen LogP contribution in [-0.4, -0.2) is 75.0 Å². The number of nitrogens with zero attached hydrogens (tertiary/aromatic N) is 8. The quantitative estimate of drug-likeness (QED) is 0.0674. The van der Waals surface area contributed by atoms with Gasteiger partial charge >= 0.3 is 0 Å². The highest BCUT2D eigenvalue weighted by Gasteiger charge is 2.26. The van der Waals surface area contributed by atoms with Gasteiger partial charge in [0.15, 0.2) is 0 Å². The predicted molar refractivity (Wildman–Crippen MR) is 479 cm³/mol. The van der Waals surface area contributed by atoms with Crippen LogP contribution in [0.5, 0.6) is 23.0 Å². The molecule has 16 bridgehead atoms. The minimum absolute atomic E-state index is 0.139. The summed E-state index contributed by atoms with van der Waals surface area (Å²) >= 11 is 2.18. The molecule has 7 aromatic heterocycles. The average Bonchev–Trinajstić information content (AvgIpc) is 1.61. The van der Waals surface area contributed by atoms with Crippen LogP contribution >= 0.6 is 11.7 Å². The van der Waals surface area contributed by atoms with Crippen molar-refractivity contribution >= 4 is 138 Å². The van der Waals surface area contributed by atoms with Crippen LogP contribution < -0.4 is 18.9 Å². The third kappa shape index (κ3) is 16.9. The van der Waals surface area contributed by atoms with Gasteiger partial charge < -0.3 is 38.9 Å². The second kappa shape index (κ2) is 31.2. The largest absolute Gasteiger partial charge is 0.494 e. The van der Waals surface area contributed by atoms with Gasteiger partial charge in [0, 0.05) is 55.4 Å². The van der Waals surface area contributed by atoms with Gasteiger partial charge in [0.25, 0.3) is 0 Å². The first-order chi connectivity index (χ1) is 55.9. The summed E-state index contributed by atoms with van der Waals surface area (Å²) in [5, 5.41) is 0. The van der Waals surface area contributed by atoms with Crippen molar-refractivity contribution in [3.8, 4) is 91.2 Å². The second-order valence-corrected chi connectivity index (χ2v) is 35.7. The van der Waals surface area contributed by atoms with Gasteiger partial charge in [-0.1, -0.05) is 155 Å². The van der Waals surface area contributed by atoms with Crippen molar-refractivity contribution in [2.45, 2.75) is 109 Å². The molecule has 0 radical (unpaired) electrons. The number of hydrogen-bond acceptors (Lipinski definition) is 13. The molecule has 5 aliphatic heterocycles. The van der Waals surface area contributed by atoms with E-state index in [1.807, 2.05) is 60.7 Å². The van der Waals surface area contributed by atoms with Crippen LogP contribution in [0.15, 0.2) is 166 Å². The van der Waals surface area contributed by atoms with E-state index in [0.717, 1.165) is 195 Å². The molecule has 16 nitrogen and oxygen atoms in total. The summed E-state index contributed by atoms with van der Waals surface area (Å²) in [5.74, 6) is 17.8. The smallest absolute Gasteiger partial charge is 0.124 e. The molecule has 116 heavy (non-hydrogen) atoms. The maximum atomic E-state index is 6.30. The van der Waals surface area contributed by atoms with E-state index in [1.165, 1.54) is 0 Å². The third-order valence-corrected chi connectivity index (χ3v) is 21.8. The fraction of sp³-hybridized carbons (Fsp3) is 0.245. The molecule has 5 aromatic carbocycles. The molecule has 18 heteroatoms. The standard InChI is InChI=1S/C98H90N12O4S2/c1-95(2,3)49-53-111-67-25-13-59(14-26-67)87-79-37-21-63(99-79)57-64-22-38-80(100-64)88(60-15-27-68(28-16-60)112-54-50-96(4,5)6)84-46-42-76(104-84)71(75-41-45-83(87)103-75)33-35-73-91-93(109-115-107-91)74(94-92(73)108-116-110-94)36-34-72-77-43-47-85(105-77)89(61-17-29-69(30-18-61)113-55-51-97(7,8)9)81-39-23-65(101-81)58-66-24-40-82(102-66)90(86-48-44-78(72)106-86)62-19-31-70(32-20-62)114-56-52-98(10,11)12/h13-32,37-48,57-58,99,101,104,106H,49-56H2,1-12H3. The number of rotatable bonds is 16. The van der Waals surface area contributed by atoms with E-state index in [0.29, 0.717) is 82.5 Å². The van der Waals surface area contributed by atoms with Gasteiger partial charge in [-0.3, -0.25) is 0 Å². The number of aromatic nitrogens is 10. The van der Waals surface area contributed by atoms with Crippen LogP contribution in [-0.2, 0) is 11.4 Å². The van der Waals surface area contributed by atoms with Crippen molar-refractivity contribution in [3.05, 3.63) is 226 Å². The maximum Gasteiger partial charge on any atom is 0.124 e. The fourth-order valence-corrected chi connectivity index (χ4v) is 15.4. The zero-order chi connectivity index (χ0) is 80.0. The fourth-order valence-electron chi connectivity index (χ4n) is 14.3. The summed E-state index contributed by atoms with van der Waals surface area (Å²) in [6.45, 7) is 29.2. The molecule has 4 N–H and O–H groups in total. The van der Waals surface area contributed by atoms with E-state index in [9.17, 15) is 0 Å². The summed E-state index contributed by atoms with van der Waals surface area (Å²) in [6, 6.07) is 54.0. The summed E-state index contributed by atoms with van der Waals surface area (Å²) in [5.41, 5.74) is 25.2. The lowest BCUT2D eigenvalue weighted by Crippen LogP contribution is -2.11. The van der Waals surface area contributed by atoms with Gasteiger partial charge in [0.2, 0.25) is 0 Å². The molecular formula is C98H90N12O4S2. The lowest BCUT2D eigenvalue weighted by Gasteiger charge is -2.18. The van der Waals surface area contributed by atoms with Gasteiger partial charge in [-0.2, -0.15) is 17.5 Å².